The minimum atomic E-state index is -3.21. The maximum atomic E-state index is 12.0. The van der Waals surface area contributed by atoms with Gasteiger partial charge >= 0.3 is 5.69 Å². The van der Waals surface area contributed by atoms with Crippen LogP contribution >= 0.6 is 0 Å². The highest BCUT2D eigenvalue weighted by atomic mass is 32.2. The van der Waals surface area contributed by atoms with Gasteiger partial charge in [-0.1, -0.05) is 6.07 Å². The Morgan fingerprint density at radius 1 is 1.38 bits per heavy atom. The smallest absolute Gasteiger partial charge is 0.305 e. The third-order valence-electron chi connectivity index (χ3n) is 2.59. The Hall–Kier alpha value is -2.16. The van der Waals surface area contributed by atoms with Crippen LogP contribution in [0.4, 0.5) is 11.4 Å². The summed E-state index contributed by atoms with van der Waals surface area (Å²) in [6, 6.07) is 4.36. The maximum absolute atomic E-state index is 12.0. The van der Waals surface area contributed by atoms with Crippen molar-refractivity contribution in [2.45, 2.75) is 6.92 Å². The van der Waals surface area contributed by atoms with Crippen LogP contribution in [0.3, 0.4) is 0 Å². The molecule has 9 heteroatoms. The van der Waals surface area contributed by atoms with E-state index in [1.807, 2.05) is 0 Å². The number of anilines is 1. The predicted octanol–water partition coefficient (Wildman–Crippen LogP) is 0.801. The van der Waals surface area contributed by atoms with E-state index in [1.54, 1.807) is 6.92 Å². The average molecular weight is 315 g/mol. The molecule has 0 saturated carbocycles. The Morgan fingerprint density at radius 2 is 2.05 bits per heavy atom. The molecule has 0 unspecified atom stereocenters. The summed E-state index contributed by atoms with van der Waals surface area (Å²) >= 11 is 0. The SMILES string of the molecule is CCNc1cccc(C(=O)NCCS(C)(=O)=O)c1[N+](=O)[O-]. The number of amides is 1. The molecule has 0 fully saturated rings. The zero-order valence-corrected chi connectivity index (χ0v) is 12.6. The average Bonchev–Trinajstić information content (AvgIpc) is 2.36. The molecule has 1 aromatic rings. The van der Waals surface area contributed by atoms with E-state index in [0.717, 1.165) is 6.26 Å². The van der Waals surface area contributed by atoms with Crippen LogP contribution in [0.2, 0.25) is 0 Å². The van der Waals surface area contributed by atoms with Crippen molar-refractivity contribution in [1.29, 1.82) is 0 Å². The Kier molecular flexibility index (Phi) is 5.65. The second kappa shape index (κ2) is 7.02. The van der Waals surface area contributed by atoms with Crippen LogP contribution in [0, 0.1) is 10.1 Å². The first-order valence-corrected chi connectivity index (χ1v) is 8.29. The van der Waals surface area contributed by atoms with E-state index < -0.39 is 20.7 Å². The lowest BCUT2D eigenvalue weighted by molar-refractivity contribution is -0.384. The summed E-state index contributed by atoms with van der Waals surface area (Å²) < 4.78 is 22.0. The van der Waals surface area contributed by atoms with Crippen LogP contribution in [0.1, 0.15) is 17.3 Å². The molecular weight excluding hydrogens is 298 g/mol. The molecule has 0 aliphatic heterocycles. The molecule has 0 aromatic heterocycles. The summed E-state index contributed by atoms with van der Waals surface area (Å²) in [5.74, 6) is -0.899. The number of nitro groups is 1. The van der Waals surface area contributed by atoms with Gasteiger partial charge in [0.1, 0.15) is 21.1 Å². The standard InChI is InChI=1S/C12H17N3O5S/c1-3-13-10-6-4-5-9(11(10)15(17)18)12(16)14-7-8-21(2,19)20/h4-6,13H,3,7-8H2,1-2H3,(H,14,16). The van der Waals surface area contributed by atoms with E-state index in [9.17, 15) is 23.3 Å². The van der Waals surface area contributed by atoms with Crippen LogP contribution < -0.4 is 10.6 Å². The fraction of sp³-hybridized carbons (Fsp3) is 0.417. The number of nitro benzene ring substituents is 1. The van der Waals surface area contributed by atoms with E-state index in [0.29, 0.717) is 6.54 Å². The summed E-state index contributed by atoms with van der Waals surface area (Å²) in [6.07, 6.45) is 1.05. The van der Waals surface area contributed by atoms with E-state index in [-0.39, 0.29) is 29.2 Å². The van der Waals surface area contributed by atoms with Crippen molar-refractivity contribution in [1.82, 2.24) is 5.32 Å². The number of para-hydroxylation sites is 1. The molecule has 2 N–H and O–H groups in total. The number of carbonyl (C=O) groups excluding carboxylic acids is 1. The first-order valence-electron chi connectivity index (χ1n) is 6.23. The molecule has 1 rings (SSSR count). The number of hydrogen-bond donors (Lipinski definition) is 2. The molecule has 0 aliphatic carbocycles. The van der Waals surface area contributed by atoms with E-state index in [2.05, 4.69) is 10.6 Å². The maximum Gasteiger partial charge on any atom is 0.305 e. The minimum absolute atomic E-state index is 0.0970. The van der Waals surface area contributed by atoms with Gasteiger partial charge in [-0.3, -0.25) is 14.9 Å². The highest BCUT2D eigenvalue weighted by Crippen LogP contribution is 2.28. The quantitative estimate of drug-likeness (QED) is 0.567. The molecule has 0 heterocycles. The van der Waals surface area contributed by atoms with Crippen LogP contribution in [-0.2, 0) is 9.84 Å². The highest BCUT2D eigenvalue weighted by Gasteiger charge is 2.24. The first-order chi connectivity index (χ1) is 9.76. The van der Waals surface area contributed by atoms with E-state index in [1.165, 1.54) is 18.2 Å². The Labute approximate surface area is 122 Å². The lowest BCUT2D eigenvalue weighted by Gasteiger charge is -2.09. The molecular formula is C12H17N3O5S. The zero-order chi connectivity index (χ0) is 16.0. The third kappa shape index (κ3) is 5.03. The van der Waals surface area contributed by atoms with Crippen molar-refractivity contribution in [2.75, 3.05) is 30.4 Å². The molecule has 1 amide bonds. The van der Waals surface area contributed by atoms with Gasteiger partial charge in [0.15, 0.2) is 0 Å². The number of nitrogens with zero attached hydrogens (tertiary/aromatic N) is 1. The molecule has 0 bridgehead atoms. The lowest BCUT2D eigenvalue weighted by Crippen LogP contribution is -2.29. The van der Waals surface area contributed by atoms with Gasteiger partial charge in [0.2, 0.25) is 0 Å². The fourth-order valence-corrected chi connectivity index (χ4v) is 2.17. The molecule has 0 aliphatic rings. The van der Waals surface area contributed by atoms with Crippen LogP contribution in [0.5, 0.6) is 0 Å². The van der Waals surface area contributed by atoms with Crippen molar-refractivity contribution in [3.05, 3.63) is 33.9 Å². The van der Waals surface area contributed by atoms with Crippen molar-refractivity contribution < 1.29 is 18.1 Å². The van der Waals surface area contributed by atoms with Gasteiger partial charge < -0.3 is 10.6 Å². The van der Waals surface area contributed by atoms with Gasteiger partial charge in [-0.05, 0) is 19.1 Å². The van der Waals surface area contributed by atoms with Crippen LogP contribution in [0.15, 0.2) is 18.2 Å². The number of rotatable bonds is 7. The second-order valence-corrected chi connectivity index (χ2v) is 6.63. The predicted molar refractivity (Wildman–Crippen MR) is 79.3 cm³/mol. The van der Waals surface area contributed by atoms with Crippen LogP contribution in [-0.4, -0.2) is 44.3 Å². The Bertz CT molecular complexity index is 642. The van der Waals surface area contributed by atoms with Crippen molar-refractivity contribution in [3.63, 3.8) is 0 Å². The lowest BCUT2D eigenvalue weighted by atomic mass is 10.1. The molecule has 0 spiro atoms. The molecule has 21 heavy (non-hydrogen) atoms. The number of sulfone groups is 1. The second-order valence-electron chi connectivity index (χ2n) is 4.37. The summed E-state index contributed by atoms with van der Waals surface area (Å²) in [6.45, 7) is 2.16. The molecule has 0 atom stereocenters. The van der Waals surface area contributed by atoms with E-state index in [4.69, 9.17) is 0 Å². The van der Waals surface area contributed by atoms with Gasteiger partial charge in [-0.2, -0.15) is 0 Å². The highest BCUT2D eigenvalue weighted by molar-refractivity contribution is 7.90. The van der Waals surface area contributed by atoms with Gasteiger partial charge in [-0.25, -0.2) is 8.42 Å². The van der Waals surface area contributed by atoms with Gasteiger partial charge in [0.25, 0.3) is 5.91 Å². The van der Waals surface area contributed by atoms with Crippen LogP contribution in [0.25, 0.3) is 0 Å². The number of nitrogens with one attached hydrogen (secondary N) is 2. The van der Waals surface area contributed by atoms with Gasteiger partial charge in [0, 0.05) is 19.3 Å². The molecule has 8 nitrogen and oxygen atoms in total. The first kappa shape index (κ1) is 16.9. The molecule has 0 radical (unpaired) electrons. The molecule has 0 saturated heterocycles. The fourth-order valence-electron chi connectivity index (χ4n) is 1.70. The number of benzene rings is 1. The number of carbonyl (C=O) groups is 1. The van der Waals surface area contributed by atoms with Crippen molar-refractivity contribution in [3.8, 4) is 0 Å². The number of hydrogen-bond acceptors (Lipinski definition) is 6. The summed E-state index contributed by atoms with van der Waals surface area (Å²) in [4.78, 5) is 22.5. The van der Waals surface area contributed by atoms with Gasteiger partial charge in [-0.15, -0.1) is 0 Å². The minimum Gasteiger partial charge on any atom is -0.380 e. The largest absolute Gasteiger partial charge is 0.380 e. The Morgan fingerprint density at radius 3 is 2.57 bits per heavy atom. The van der Waals surface area contributed by atoms with Crippen molar-refractivity contribution >= 4 is 27.1 Å². The molecule has 1 aromatic carbocycles. The summed E-state index contributed by atoms with van der Waals surface area (Å²) in [5, 5.41) is 16.3. The topological polar surface area (TPSA) is 118 Å². The monoisotopic (exact) mass is 315 g/mol. The normalized spacial score (nSPS) is 11.0. The Balaban J connectivity index is 2.98. The van der Waals surface area contributed by atoms with E-state index >= 15 is 0 Å². The molecule has 116 valence electrons. The van der Waals surface area contributed by atoms with Crippen molar-refractivity contribution in [2.24, 2.45) is 0 Å². The zero-order valence-electron chi connectivity index (χ0n) is 11.8. The summed E-state index contributed by atoms with van der Waals surface area (Å²) in [5.41, 5.74) is -0.179. The van der Waals surface area contributed by atoms with Gasteiger partial charge in [0.05, 0.1) is 10.7 Å². The third-order valence-corrected chi connectivity index (χ3v) is 3.53. The summed E-state index contributed by atoms with van der Waals surface area (Å²) in [7, 11) is -3.21.